The highest BCUT2D eigenvalue weighted by Gasteiger charge is 2.41. The topological polar surface area (TPSA) is 52.0 Å². The second-order valence-corrected chi connectivity index (χ2v) is 8.22. The lowest BCUT2D eigenvalue weighted by molar-refractivity contribution is 0.223. The summed E-state index contributed by atoms with van der Waals surface area (Å²) in [6.45, 7) is 2.08. The minimum Gasteiger partial charge on any atom is -0.480 e. The van der Waals surface area contributed by atoms with Crippen molar-refractivity contribution < 1.29 is 4.74 Å². The molecule has 0 fully saturated rings. The number of hydrogen-bond donors (Lipinski definition) is 1. The fourth-order valence-electron chi connectivity index (χ4n) is 4.49. The monoisotopic (exact) mass is 426 g/mol. The SMILES string of the molecule is Cc1ccc2c(c1)C1=C([C@@H](c3ccccc3Cl)O2)[C@@H](c2ccccc2)n2ncnc2N1. The van der Waals surface area contributed by atoms with Crippen molar-refractivity contribution in [1.82, 2.24) is 14.8 Å². The Kier molecular flexibility index (Phi) is 4.11. The van der Waals surface area contributed by atoms with Crippen molar-refractivity contribution in [2.24, 2.45) is 0 Å². The standard InChI is InChI=1S/C25H19ClN4O/c1-15-11-12-20-18(13-15)22-21(24(31-20)17-9-5-6-10-19(17)26)23(16-7-3-2-4-8-16)30-25(29-22)27-14-28-30/h2-14,23-24H,1H3,(H,27,28,29)/t23-,24-/m1/s1. The molecule has 0 saturated heterocycles. The quantitative estimate of drug-likeness (QED) is 0.440. The molecule has 6 rings (SSSR count). The highest BCUT2D eigenvalue weighted by molar-refractivity contribution is 6.31. The van der Waals surface area contributed by atoms with Crippen LogP contribution in [0.3, 0.4) is 0 Å². The number of nitrogens with zero attached hydrogens (tertiary/aromatic N) is 3. The lowest BCUT2D eigenvalue weighted by Gasteiger charge is -2.39. The van der Waals surface area contributed by atoms with Crippen LogP contribution in [-0.2, 0) is 0 Å². The Labute approximate surface area is 185 Å². The molecule has 0 saturated carbocycles. The van der Waals surface area contributed by atoms with E-state index in [0.29, 0.717) is 11.0 Å². The predicted octanol–water partition coefficient (Wildman–Crippen LogP) is 5.80. The van der Waals surface area contributed by atoms with Gasteiger partial charge in [0.15, 0.2) is 6.10 Å². The summed E-state index contributed by atoms with van der Waals surface area (Å²) in [7, 11) is 0. The molecule has 2 aliphatic rings. The summed E-state index contributed by atoms with van der Waals surface area (Å²) in [6.07, 6.45) is 1.22. The number of aryl methyl sites for hydroxylation is 1. The molecule has 0 unspecified atom stereocenters. The van der Waals surface area contributed by atoms with Crippen molar-refractivity contribution in [3.05, 3.63) is 112 Å². The van der Waals surface area contributed by atoms with E-state index in [1.54, 1.807) is 6.33 Å². The largest absolute Gasteiger partial charge is 0.480 e. The first-order chi connectivity index (χ1) is 15.2. The third-order valence-electron chi connectivity index (χ3n) is 5.87. The van der Waals surface area contributed by atoms with Crippen molar-refractivity contribution in [3.8, 4) is 5.75 Å². The minimum atomic E-state index is -0.367. The Morgan fingerprint density at radius 2 is 1.81 bits per heavy atom. The Bertz CT molecular complexity index is 1330. The summed E-state index contributed by atoms with van der Waals surface area (Å²) in [5.41, 5.74) is 6.29. The molecule has 3 aromatic carbocycles. The number of benzene rings is 3. The second kappa shape index (κ2) is 7.00. The van der Waals surface area contributed by atoms with Gasteiger partial charge in [0.25, 0.3) is 0 Å². The Morgan fingerprint density at radius 3 is 2.65 bits per heavy atom. The van der Waals surface area contributed by atoms with E-state index in [0.717, 1.165) is 39.3 Å². The molecule has 0 spiro atoms. The molecular formula is C25H19ClN4O. The van der Waals surface area contributed by atoms with E-state index < -0.39 is 0 Å². The maximum atomic E-state index is 6.66. The lowest BCUT2D eigenvalue weighted by atomic mass is 9.84. The molecule has 4 aromatic rings. The van der Waals surface area contributed by atoms with Crippen molar-refractivity contribution in [3.63, 3.8) is 0 Å². The van der Waals surface area contributed by atoms with E-state index in [2.05, 4.69) is 46.6 Å². The molecule has 6 heteroatoms. The van der Waals surface area contributed by atoms with Gasteiger partial charge in [-0.2, -0.15) is 10.1 Å². The van der Waals surface area contributed by atoms with E-state index >= 15 is 0 Å². The molecule has 1 N–H and O–H groups in total. The third-order valence-corrected chi connectivity index (χ3v) is 6.22. The Hall–Kier alpha value is -3.57. The highest BCUT2D eigenvalue weighted by atomic mass is 35.5. The van der Waals surface area contributed by atoms with Crippen LogP contribution < -0.4 is 10.1 Å². The maximum Gasteiger partial charge on any atom is 0.226 e. The molecule has 0 radical (unpaired) electrons. The van der Waals surface area contributed by atoms with E-state index in [1.807, 2.05) is 53.2 Å². The molecule has 5 nitrogen and oxygen atoms in total. The summed E-state index contributed by atoms with van der Waals surface area (Å²) >= 11 is 6.66. The van der Waals surface area contributed by atoms with Crippen LogP contribution in [-0.4, -0.2) is 14.8 Å². The molecule has 0 aliphatic carbocycles. The van der Waals surface area contributed by atoms with Gasteiger partial charge in [0.05, 0.1) is 5.70 Å². The van der Waals surface area contributed by atoms with Crippen molar-refractivity contribution in [1.29, 1.82) is 0 Å². The first kappa shape index (κ1) is 18.2. The lowest BCUT2D eigenvalue weighted by Crippen LogP contribution is -2.32. The Balaban J connectivity index is 1.66. The van der Waals surface area contributed by atoms with Crippen LogP contribution >= 0.6 is 11.6 Å². The number of hydrogen-bond acceptors (Lipinski definition) is 4. The smallest absolute Gasteiger partial charge is 0.226 e. The van der Waals surface area contributed by atoms with Gasteiger partial charge in [0, 0.05) is 21.7 Å². The Morgan fingerprint density at radius 1 is 1.00 bits per heavy atom. The first-order valence-corrected chi connectivity index (χ1v) is 10.6. The van der Waals surface area contributed by atoms with Gasteiger partial charge in [-0.25, -0.2) is 4.68 Å². The summed E-state index contributed by atoms with van der Waals surface area (Å²) in [6, 6.07) is 24.2. The molecule has 0 bridgehead atoms. The van der Waals surface area contributed by atoms with Crippen LogP contribution in [0.15, 0.2) is 84.7 Å². The molecule has 0 amide bonds. The van der Waals surface area contributed by atoms with Gasteiger partial charge in [-0.15, -0.1) is 0 Å². The zero-order valence-corrected chi connectivity index (χ0v) is 17.5. The van der Waals surface area contributed by atoms with Crippen LogP contribution in [0.5, 0.6) is 5.75 Å². The summed E-state index contributed by atoms with van der Waals surface area (Å²) < 4.78 is 8.54. The van der Waals surface area contributed by atoms with Crippen LogP contribution in [0.2, 0.25) is 5.02 Å². The van der Waals surface area contributed by atoms with Crippen LogP contribution in [0.25, 0.3) is 5.70 Å². The number of halogens is 1. The average Bonchev–Trinajstić information content (AvgIpc) is 3.27. The normalized spacial score (nSPS) is 19.0. The van der Waals surface area contributed by atoms with Gasteiger partial charge in [-0.3, -0.25) is 0 Å². The highest BCUT2D eigenvalue weighted by Crippen LogP contribution is 2.51. The fraction of sp³-hybridized carbons (Fsp3) is 0.120. The summed E-state index contributed by atoms with van der Waals surface area (Å²) in [5.74, 6) is 1.53. The first-order valence-electron chi connectivity index (χ1n) is 10.2. The van der Waals surface area contributed by atoms with E-state index in [1.165, 1.54) is 0 Å². The van der Waals surface area contributed by atoms with E-state index in [4.69, 9.17) is 16.3 Å². The number of rotatable bonds is 2. The van der Waals surface area contributed by atoms with Gasteiger partial charge in [-0.1, -0.05) is 71.8 Å². The molecule has 2 aliphatic heterocycles. The molecular weight excluding hydrogens is 408 g/mol. The zero-order valence-electron chi connectivity index (χ0n) is 16.8. The summed E-state index contributed by atoms with van der Waals surface area (Å²) in [5, 5.41) is 8.75. The van der Waals surface area contributed by atoms with Gasteiger partial charge in [-0.05, 0) is 30.7 Å². The third kappa shape index (κ3) is 2.85. The number of aromatic nitrogens is 3. The molecule has 31 heavy (non-hydrogen) atoms. The van der Waals surface area contributed by atoms with Crippen molar-refractivity contribution in [2.45, 2.75) is 19.1 Å². The van der Waals surface area contributed by atoms with Crippen LogP contribution in [0.1, 0.15) is 34.4 Å². The maximum absolute atomic E-state index is 6.66. The van der Waals surface area contributed by atoms with Crippen LogP contribution in [0.4, 0.5) is 5.95 Å². The number of nitrogens with one attached hydrogen (secondary N) is 1. The minimum absolute atomic E-state index is 0.176. The van der Waals surface area contributed by atoms with Crippen molar-refractivity contribution in [2.75, 3.05) is 5.32 Å². The van der Waals surface area contributed by atoms with E-state index in [9.17, 15) is 0 Å². The predicted molar refractivity (Wildman–Crippen MR) is 121 cm³/mol. The van der Waals surface area contributed by atoms with Gasteiger partial charge < -0.3 is 10.1 Å². The average molecular weight is 427 g/mol. The van der Waals surface area contributed by atoms with Gasteiger partial charge in [0.2, 0.25) is 5.95 Å². The zero-order chi connectivity index (χ0) is 20.9. The van der Waals surface area contributed by atoms with Crippen molar-refractivity contribution >= 4 is 23.2 Å². The number of fused-ring (bicyclic) bond motifs is 3. The second-order valence-electron chi connectivity index (χ2n) is 7.82. The number of ether oxygens (including phenoxy) is 1. The fourth-order valence-corrected chi connectivity index (χ4v) is 4.72. The molecule has 3 heterocycles. The van der Waals surface area contributed by atoms with Gasteiger partial charge in [0.1, 0.15) is 18.1 Å². The van der Waals surface area contributed by atoms with Gasteiger partial charge >= 0.3 is 0 Å². The number of anilines is 1. The molecule has 152 valence electrons. The van der Waals surface area contributed by atoms with E-state index in [-0.39, 0.29) is 12.1 Å². The molecule has 1 aromatic heterocycles. The molecule has 2 atom stereocenters. The van der Waals surface area contributed by atoms with Crippen LogP contribution in [0, 0.1) is 6.92 Å². The summed E-state index contributed by atoms with van der Waals surface area (Å²) in [4.78, 5) is 4.47.